The van der Waals surface area contributed by atoms with Gasteiger partial charge < -0.3 is 10.2 Å². The highest BCUT2D eigenvalue weighted by Crippen LogP contribution is 2.74. The molecule has 0 aromatic rings. The molecule has 1 unspecified atom stereocenters. The Morgan fingerprint density at radius 1 is 1.04 bits per heavy atom. The fourth-order valence-electron chi connectivity index (χ4n) is 8.38. The van der Waals surface area contributed by atoms with Gasteiger partial charge in [-0.15, -0.1) is 0 Å². The molecule has 0 aliphatic heterocycles. The zero-order chi connectivity index (χ0) is 16.0. The van der Waals surface area contributed by atoms with Crippen molar-refractivity contribution in [3.8, 4) is 0 Å². The summed E-state index contributed by atoms with van der Waals surface area (Å²) in [6, 6.07) is 0. The number of rotatable bonds is 0. The molecule has 0 amide bonds. The minimum atomic E-state index is -0.379. The molecule has 4 saturated carbocycles. The van der Waals surface area contributed by atoms with E-state index in [1.54, 1.807) is 5.57 Å². The van der Waals surface area contributed by atoms with Crippen molar-refractivity contribution in [2.45, 2.75) is 83.3 Å². The van der Waals surface area contributed by atoms with Gasteiger partial charge in [-0.1, -0.05) is 18.6 Å². The molecule has 2 nitrogen and oxygen atoms in total. The van der Waals surface area contributed by atoms with E-state index in [9.17, 15) is 10.2 Å². The Hall–Kier alpha value is -0.340. The van der Waals surface area contributed by atoms with Crippen molar-refractivity contribution >= 4 is 0 Å². The van der Waals surface area contributed by atoms with Crippen LogP contribution in [0, 0.1) is 34.5 Å². The molecule has 0 radical (unpaired) electrons. The van der Waals surface area contributed by atoms with Crippen LogP contribution in [0.2, 0.25) is 0 Å². The van der Waals surface area contributed by atoms with Crippen LogP contribution >= 0.6 is 0 Å². The quantitative estimate of drug-likeness (QED) is 0.662. The Bertz CT molecular complexity index is 564. The predicted octanol–water partition coefficient (Wildman–Crippen LogP) is 4.06. The first kappa shape index (κ1) is 15.0. The number of allylic oxidation sites excluding steroid dienone is 1. The molecule has 0 saturated heterocycles. The highest BCUT2D eigenvalue weighted by atomic mass is 16.3. The fourth-order valence-corrected chi connectivity index (χ4v) is 8.38. The summed E-state index contributed by atoms with van der Waals surface area (Å²) in [5.41, 5.74) is 2.04. The van der Waals surface area contributed by atoms with Gasteiger partial charge in [0.25, 0.3) is 0 Å². The summed E-state index contributed by atoms with van der Waals surface area (Å²) >= 11 is 0. The third-order valence-electron chi connectivity index (χ3n) is 9.23. The largest absolute Gasteiger partial charge is 0.393 e. The van der Waals surface area contributed by atoms with E-state index >= 15 is 0 Å². The lowest BCUT2D eigenvalue weighted by Gasteiger charge is -2.65. The third kappa shape index (κ3) is 1.73. The summed E-state index contributed by atoms with van der Waals surface area (Å²) < 4.78 is 0. The Labute approximate surface area is 140 Å². The van der Waals surface area contributed by atoms with Crippen LogP contribution in [-0.2, 0) is 0 Å². The zero-order valence-electron chi connectivity index (χ0n) is 14.7. The number of aliphatic hydroxyl groups is 2. The lowest BCUT2D eigenvalue weighted by molar-refractivity contribution is -0.213. The van der Waals surface area contributed by atoms with Crippen LogP contribution in [0.1, 0.15) is 71.6 Å². The zero-order valence-corrected chi connectivity index (χ0v) is 14.7. The van der Waals surface area contributed by atoms with E-state index in [1.165, 1.54) is 38.5 Å². The average molecular weight is 316 g/mol. The maximum absolute atomic E-state index is 10.6. The SMILES string of the molecule is CC1(O)C[C@]23CC[C@H]4[C@@H](CC=C5C[C@@H](O)CC[C@@]54C)[C@@H]2CC[C@H]13. The molecular weight excluding hydrogens is 284 g/mol. The smallest absolute Gasteiger partial charge is 0.0658 e. The molecule has 128 valence electrons. The molecule has 5 aliphatic rings. The van der Waals surface area contributed by atoms with Gasteiger partial charge in [0.15, 0.2) is 0 Å². The standard InChI is InChI=1S/C21H32O2/c1-19-9-7-14(22)11-13(19)3-4-15-16(19)8-10-21-12-20(2,23)18(21)6-5-17(15)21/h3,14-18,22-23H,4-12H2,1-2H3/t14-,15+,16-,17-,18+,19-,20?,21+/m0/s1. The van der Waals surface area contributed by atoms with Crippen LogP contribution in [0.3, 0.4) is 0 Å². The van der Waals surface area contributed by atoms with Gasteiger partial charge in [-0.2, -0.15) is 0 Å². The monoisotopic (exact) mass is 316 g/mol. The normalized spacial score (nSPS) is 60.7. The van der Waals surface area contributed by atoms with Crippen molar-refractivity contribution in [3.63, 3.8) is 0 Å². The van der Waals surface area contributed by atoms with Gasteiger partial charge in [0, 0.05) is 0 Å². The molecule has 2 heteroatoms. The molecule has 2 N–H and O–H groups in total. The second-order valence-electron chi connectivity index (χ2n) is 10.1. The molecule has 5 rings (SSSR count). The maximum atomic E-state index is 10.6. The molecule has 5 aliphatic carbocycles. The minimum Gasteiger partial charge on any atom is -0.393 e. The van der Waals surface area contributed by atoms with Gasteiger partial charge in [0.1, 0.15) is 0 Å². The Kier molecular flexibility index (Phi) is 2.88. The van der Waals surface area contributed by atoms with Crippen LogP contribution < -0.4 is 0 Å². The van der Waals surface area contributed by atoms with Gasteiger partial charge in [0.05, 0.1) is 11.7 Å². The molecule has 0 heterocycles. The second kappa shape index (κ2) is 4.43. The molecule has 8 atom stereocenters. The first-order valence-corrected chi connectivity index (χ1v) is 9.97. The van der Waals surface area contributed by atoms with Crippen LogP contribution in [-0.4, -0.2) is 21.9 Å². The molecule has 1 spiro atoms. The van der Waals surface area contributed by atoms with E-state index in [4.69, 9.17) is 0 Å². The van der Waals surface area contributed by atoms with Gasteiger partial charge in [0.2, 0.25) is 0 Å². The van der Waals surface area contributed by atoms with Crippen molar-refractivity contribution in [2.24, 2.45) is 34.5 Å². The third-order valence-corrected chi connectivity index (χ3v) is 9.23. The first-order valence-electron chi connectivity index (χ1n) is 9.97. The lowest BCUT2D eigenvalue weighted by atomic mass is 9.41. The number of aliphatic hydroxyl groups excluding tert-OH is 1. The highest BCUT2D eigenvalue weighted by Gasteiger charge is 2.69. The Morgan fingerprint density at radius 3 is 2.65 bits per heavy atom. The van der Waals surface area contributed by atoms with Crippen LogP contribution in [0.5, 0.6) is 0 Å². The lowest BCUT2D eigenvalue weighted by Crippen LogP contribution is -2.63. The summed E-state index contributed by atoms with van der Waals surface area (Å²) in [6.07, 6.45) is 13.1. The first-order chi connectivity index (χ1) is 10.9. The van der Waals surface area contributed by atoms with E-state index < -0.39 is 0 Å². The molecule has 0 bridgehead atoms. The van der Waals surface area contributed by atoms with Crippen molar-refractivity contribution in [1.29, 1.82) is 0 Å². The predicted molar refractivity (Wildman–Crippen MR) is 90.8 cm³/mol. The Balaban J connectivity index is 1.48. The van der Waals surface area contributed by atoms with Gasteiger partial charge >= 0.3 is 0 Å². The number of hydrogen-bond donors (Lipinski definition) is 2. The fraction of sp³-hybridized carbons (Fsp3) is 0.905. The van der Waals surface area contributed by atoms with Crippen LogP contribution in [0.25, 0.3) is 0 Å². The summed E-state index contributed by atoms with van der Waals surface area (Å²) in [5.74, 6) is 3.10. The summed E-state index contributed by atoms with van der Waals surface area (Å²) in [5, 5.41) is 20.7. The van der Waals surface area contributed by atoms with Crippen molar-refractivity contribution in [1.82, 2.24) is 0 Å². The van der Waals surface area contributed by atoms with Gasteiger partial charge in [-0.25, -0.2) is 0 Å². The number of fused-ring (bicyclic) bond motifs is 4. The molecule has 0 aromatic heterocycles. The summed E-state index contributed by atoms with van der Waals surface area (Å²) in [6.45, 7) is 4.59. The van der Waals surface area contributed by atoms with E-state index in [2.05, 4.69) is 19.9 Å². The van der Waals surface area contributed by atoms with E-state index in [-0.39, 0.29) is 11.7 Å². The van der Waals surface area contributed by atoms with Crippen molar-refractivity contribution in [3.05, 3.63) is 11.6 Å². The van der Waals surface area contributed by atoms with Crippen molar-refractivity contribution < 1.29 is 10.2 Å². The van der Waals surface area contributed by atoms with Gasteiger partial charge in [-0.05, 0) is 99.2 Å². The van der Waals surface area contributed by atoms with Crippen molar-refractivity contribution in [2.75, 3.05) is 0 Å². The molecule has 23 heavy (non-hydrogen) atoms. The second-order valence-corrected chi connectivity index (χ2v) is 10.1. The summed E-state index contributed by atoms with van der Waals surface area (Å²) in [4.78, 5) is 0. The molecule has 0 aromatic carbocycles. The van der Waals surface area contributed by atoms with E-state index in [1.807, 2.05) is 0 Å². The average Bonchev–Trinajstić information content (AvgIpc) is 2.82. The molecular formula is C21H32O2. The van der Waals surface area contributed by atoms with Crippen LogP contribution in [0.4, 0.5) is 0 Å². The van der Waals surface area contributed by atoms with Crippen LogP contribution in [0.15, 0.2) is 11.6 Å². The Morgan fingerprint density at radius 2 is 1.87 bits per heavy atom. The number of hydrogen-bond acceptors (Lipinski definition) is 2. The maximum Gasteiger partial charge on any atom is 0.0658 e. The van der Waals surface area contributed by atoms with E-state index in [0.717, 1.165) is 37.0 Å². The topological polar surface area (TPSA) is 40.5 Å². The molecule has 4 fully saturated rings. The summed E-state index contributed by atoms with van der Waals surface area (Å²) in [7, 11) is 0. The van der Waals surface area contributed by atoms with Gasteiger partial charge in [-0.3, -0.25) is 0 Å². The van der Waals surface area contributed by atoms with E-state index in [0.29, 0.717) is 16.7 Å². The highest BCUT2D eigenvalue weighted by molar-refractivity contribution is 5.27. The minimum absolute atomic E-state index is 0.0987.